The monoisotopic (exact) mass is 418 g/mol. The van der Waals surface area contributed by atoms with Crippen LogP contribution in [0.1, 0.15) is 21.7 Å². The Morgan fingerprint density at radius 2 is 1.90 bits per heavy atom. The van der Waals surface area contributed by atoms with Gasteiger partial charge in [-0.1, -0.05) is 24.3 Å². The summed E-state index contributed by atoms with van der Waals surface area (Å²) >= 11 is 0. The van der Waals surface area contributed by atoms with Crippen molar-refractivity contribution in [2.75, 3.05) is 41.3 Å². The van der Waals surface area contributed by atoms with Gasteiger partial charge in [0.15, 0.2) is 0 Å². The van der Waals surface area contributed by atoms with E-state index in [1.54, 1.807) is 12.4 Å². The van der Waals surface area contributed by atoms with E-state index in [-0.39, 0.29) is 24.1 Å². The summed E-state index contributed by atoms with van der Waals surface area (Å²) in [6, 6.07) is 9.68. The highest BCUT2D eigenvalue weighted by Crippen LogP contribution is 2.26. The molecule has 0 atom stereocenters. The minimum atomic E-state index is -0.437. The van der Waals surface area contributed by atoms with Gasteiger partial charge in [-0.15, -0.1) is 5.10 Å². The lowest BCUT2D eigenvalue weighted by molar-refractivity contribution is -0.118. The van der Waals surface area contributed by atoms with E-state index in [0.29, 0.717) is 12.2 Å². The molecule has 2 aliphatic rings. The fourth-order valence-electron chi connectivity index (χ4n) is 3.90. The summed E-state index contributed by atoms with van der Waals surface area (Å²) < 4.78 is 0. The summed E-state index contributed by atoms with van der Waals surface area (Å²) in [5.74, 6) is -0.305. The van der Waals surface area contributed by atoms with Crippen molar-refractivity contribution in [1.29, 1.82) is 0 Å². The van der Waals surface area contributed by atoms with Crippen molar-refractivity contribution in [2.45, 2.75) is 13.0 Å². The Bertz CT molecular complexity index is 1120. The molecule has 3 aromatic rings. The fraction of sp³-hybridized carbons (Fsp3) is 0.286. The molecule has 158 valence electrons. The molecule has 2 amide bonds. The van der Waals surface area contributed by atoms with Gasteiger partial charge in [0.25, 0.3) is 11.9 Å². The van der Waals surface area contributed by atoms with Gasteiger partial charge < -0.3 is 15.5 Å². The average Bonchev–Trinajstić information content (AvgIpc) is 3.30. The van der Waals surface area contributed by atoms with Gasteiger partial charge in [-0.05, 0) is 17.2 Å². The van der Waals surface area contributed by atoms with Gasteiger partial charge in [-0.3, -0.25) is 24.6 Å². The van der Waals surface area contributed by atoms with Crippen molar-refractivity contribution in [3.63, 3.8) is 0 Å². The summed E-state index contributed by atoms with van der Waals surface area (Å²) in [5.41, 5.74) is 3.57. The highest BCUT2D eigenvalue weighted by atomic mass is 16.2. The van der Waals surface area contributed by atoms with Crippen molar-refractivity contribution in [3.05, 3.63) is 59.7 Å². The molecule has 0 unspecified atom stereocenters. The minimum Gasteiger partial charge on any atom is -0.367 e. The molecule has 0 saturated carbocycles. The van der Waals surface area contributed by atoms with Crippen molar-refractivity contribution < 1.29 is 9.59 Å². The van der Waals surface area contributed by atoms with Gasteiger partial charge >= 0.3 is 0 Å². The van der Waals surface area contributed by atoms with Crippen molar-refractivity contribution in [1.82, 2.24) is 25.5 Å². The number of fused-ring (bicyclic) bond motifs is 1. The number of pyridine rings is 1. The second-order valence-electron chi connectivity index (χ2n) is 7.49. The lowest BCUT2D eigenvalue weighted by Crippen LogP contribution is -2.43. The summed E-state index contributed by atoms with van der Waals surface area (Å²) in [7, 11) is 0. The predicted molar refractivity (Wildman–Crippen MR) is 115 cm³/mol. The second kappa shape index (κ2) is 8.15. The zero-order valence-electron chi connectivity index (χ0n) is 16.8. The number of carbonyl (C=O) groups is 2. The molecule has 10 heteroatoms. The molecule has 2 aliphatic heterocycles. The normalized spacial score (nSPS) is 16.2. The molecule has 4 heterocycles. The van der Waals surface area contributed by atoms with Gasteiger partial charge in [-0.2, -0.15) is 4.98 Å². The standard InChI is InChI=1S/C21H22N8O2/c30-18-11-14-3-1-2-4-15(14)13-29(18)21-25-19(26-27-21)20(31)24-16-12-23-6-5-17(16)28-9-7-22-8-10-28/h1-6,12,22H,7-11,13H2,(H,24,31)(H,25,26,27). The van der Waals surface area contributed by atoms with Crippen LogP contribution in [0.4, 0.5) is 17.3 Å². The number of H-pyrrole nitrogens is 1. The average molecular weight is 418 g/mol. The van der Waals surface area contributed by atoms with E-state index in [9.17, 15) is 9.59 Å². The smallest absolute Gasteiger partial charge is 0.293 e. The molecule has 0 aliphatic carbocycles. The molecule has 1 fully saturated rings. The molecule has 0 spiro atoms. The van der Waals surface area contributed by atoms with E-state index in [1.165, 1.54) is 4.90 Å². The number of aromatic nitrogens is 4. The first-order valence-electron chi connectivity index (χ1n) is 10.2. The molecule has 1 aromatic carbocycles. The quantitative estimate of drug-likeness (QED) is 0.577. The minimum absolute atomic E-state index is 0.0387. The van der Waals surface area contributed by atoms with Crippen LogP contribution in [0.3, 0.4) is 0 Å². The van der Waals surface area contributed by atoms with E-state index < -0.39 is 5.91 Å². The van der Waals surface area contributed by atoms with Crippen LogP contribution in [0.25, 0.3) is 0 Å². The first-order chi connectivity index (χ1) is 15.2. The van der Waals surface area contributed by atoms with Crippen molar-refractivity contribution in [3.8, 4) is 0 Å². The lowest BCUT2D eigenvalue weighted by Gasteiger charge is -2.30. The van der Waals surface area contributed by atoms with Gasteiger partial charge in [-0.25, -0.2) is 0 Å². The number of nitrogens with zero attached hydrogens (tertiary/aromatic N) is 5. The van der Waals surface area contributed by atoms with Gasteiger partial charge in [0.05, 0.1) is 30.5 Å². The molecule has 0 radical (unpaired) electrons. The third kappa shape index (κ3) is 3.84. The van der Waals surface area contributed by atoms with Gasteiger partial charge in [0.2, 0.25) is 11.7 Å². The number of aromatic amines is 1. The van der Waals surface area contributed by atoms with Gasteiger partial charge in [0.1, 0.15) is 0 Å². The maximum absolute atomic E-state index is 12.8. The topological polar surface area (TPSA) is 119 Å². The number of rotatable bonds is 4. The number of hydrogen-bond donors (Lipinski definition) is 3. The largest absolute Gasteiger partial charge is 0.367 e. The van der Waals surface area contributed by atoms with Crippen LogP contribution in [0.2, 0.25) is 0 Å². The zero-order chi connectivity index (χ0) is 21.2. The van der Waals surface area contributed by atoms with Crippen LogP contribution < -0.4 is 20.4 Å². The summed E-state index contributed by atoms with van der Waals surface area (Å²) in [6.45, 7) is 3.84. The van der Waals surface area contributed by atoms with Gasteiger partial charge in [0, 0.05) is 32.4 Å². The van der Waals surface area contributed by atoms with Crippen LogP contribution in [0, 0.1) is 0 Å². The van der Waals surface area contributed by atoms with Crippen LogP contribution in [-0.2, 0) is 17.8 Å². The Hall–Kier alpha value is -3.79. The van der Waals surface area contributed by atoms with E-state index in [4.69, 9.17) is 0 Å². The van der Waals surface area contributed by atoms with Crippen LogP contribution in [0.5, 0.6) is 0 Å². The third-order valence-corrected chi connectivity index (χ3v) is 5.52. The fourth-order valence-corrected chi connectivity index (χ4v) is 3.90. The van der Waals surface area contributed by atoms with Crippen LogP contribution in [-0.4, -0.2) is 58.2 Å². The Balaban J connectivity index is 1.33. The molecule has 5 rings (SSSR count). The Labute approximate surface area is 178 Å². The first kappa shape index (κ1) is 19.2. The molecule has 3 N–H and O–H groups in total. The van der Waals surface area contributed by atoms with E-state index in [1.807, 2.05) is 30.3 Å². The Morgan fingerprint density at radius 1 is 1.10 bits per heavy atom. The maximum Gasteiger partial charge on any atom is 0.293 e. The highest BCUT2D eigenvalue weighted by molar-refractivity contribution is 6.04. The van der Waals surface area contributed by atoms with Crippen molar-refractivity contribution in [2.24, 2.45) is 0 Å². The summed E-state index contributed by atoms with van der Waals surface area (Å²) in [4.78, 5) is 37.5. The first-order valence-corrected chi connectivity index (χ1v) is 10.2. The SMILES string of the molecule is O=C(Nc1cnccc1N1CCNCC1)c1nc(N2Cc3ccccc3CC2=O)n[nH]1. The molecule has 0 bridgehead atoms. The molecule has 2 aromatic heterocycles. The molecule has 10 nitrogen and oxygen atoms in total. The zero-order valence-corrected chi connectivity index (χ0v) is 16.8. The maximum atomic E-state index is 12.8. The second-order valence-corrected chi connectivity index (χ2v) is 7.49. The van der Waals surface area contributed by atoms with Crippen LogP contribution in [0.15, 0.2) is 42.7 Å². The highest BCUT2D eigenvalue weighted by Gasteiger charge is 2.27. The number of amides is 2. The molecule has 31 heavy (non-hydrogen) atoms. The molecular weight excluding hydrogens is 396 g/mol. The third-order valence-electron chi connectivity index (χ3n) is 5.52. The van der Waals surface area contributed by atoms with E-state index >= 15 is 0 Å². The number of nitrogens with one attached hydrogen (secondary N) is 3. The lowest BCUT2D eigenvalue weighted by atomic mass is 10.00. The number of hydrogen-bond acceptors (Lipinski definition) is 7. The van der Waals surface area contributed by atoms with E-state index in [2.05, 4.69) is 35.7 Å². The van der Waals surface area contributed by atoms with Crippen LogP contribution >= 0.6 is 0 Å². The number of anilines is 3. The molecule has 1 saturated heterocycles. The number of benzene rings is 1. The van der Waals surface area contributed by atoms with Crippen molar-refractivity contribution >= 4 is 29.1 Å². The van der Waals surface area contributed by atoms with E-state index in [0.717, 1.165) is 43.0 Å². The predicted octanol–water partition coefficient (Wildman–Crippen LogP) is 0.951. The number of carbonyl (C=O) groups excluding carboxylic acids is 2. The Morgan fingerprint density at radius 3 is 2.74 bits per heavy atom. The summed E-state index contributed by atoms with van der Waals surface area (Å²) in [6.07, 6.45) is 3.62. The summed E-state index contributed by atoms with van der Waals surface area (Å²) in [5, 5.41) is 12.9. The molecular formula is C21H22N8O2. The Kier molecular flexibility index (Phi) is 5.04. The number of piperazine rings is 1.